The predicted molar refractivity (Wildman–Crippen MR) is 77.9 cm³/mol. The molecule has 0 aliphatic carbocycles. The summed E-state index contributed by atoms with van der Waals surface area (Å²) in [5, 5.41) is 13.9. The van der Waals surface area contributed by atoms with Crippen molar-refractivity contribution < 1.29 is 19.5 Å². The molecule has 0 aromatic heterocycles. The number of aliphatic carboxylic acids is 1. The van der Waals surface area contributed by atoms with Crippen molar-refractivity contribution in [2.24, 2.45) is 5.73 Å². The van der Waals surface area contributed by atoms with Gasteiger partial charge < -0.3 is 21.5 Å². The van der Waals surface area contributed by atoms with Crippen LogP contribution in [-0.4, -0.2) is 29.1 Å². The van der Waals surface area contributed by atoms with Crippen molar-refractivity contribution in [2.45, 2.75) is 32.7 Å². The van der Waals surface area contributed by atoms with E-state index < -0.39 is 23.9 Å². The van der Waals surface area contributed by atoms with Crippen molar-refractivity contribution in [3.05, 3.63) is 29.3 Å². The Kier molecular flexibility index (Phi) is 5.71. The lowest BCUT2D eigenvalue weighted by atomic mass is 10.1. The Morgan fingerprint density at radius 3 is 2.24 bits per heavy atom. The first-order valence-corrected chi connectivity index (χ1v) is 6.45. The van der Waals surface area contributed by atoms with Gasteiger partial charge in [0.1, 0.15) is 6.04 Å². The average Bonchev–Trinajstić information content (AvgIpc) is 2.32. The molecule has 114 valence electrons. The van der Waals surface area contributed by atoms with Gasteiger partial charge in [-0.2, -0.15) is 0 Å². The molecule has 1 aromatic carbocycles. The largest absolute Gasteiger partial charge is 0.480 e. The zero-order valence-electron chi connectivity index (χ0n) is 12.0. The molecule has 0 unspecified atom stereocenters. The van der Waals surface area contributed by atoms with E-state index in [0.717, 1.165) is 11.1 Å². The van der Waals surface area contributed by atoms with Crippen LogP contribution < -0.4 is 16.4 Å². The number of nitrogens with two attached hydrogens (primary N) is 1. The number of carboxylic acids is 1. The number of primary amides is 1. The maximum absolute atomic E-state index is 11.8. The number of urea groups is 1. The van der Waals surface area contributed by atoms with E-state index in [0.29, 0.717) is 5.69 Å². The third-order valence-electron chi connectivity index (χ3n) is 2.76. The normalized spacial score (nSPS) is 11.5. The van der Waals surface area contributed by atoms with Crippen molar-refractivity contribution in [1.29, 1.82) is 0 Å². The van der Waals surface area contributed by atoms with Crippen molar-refractivity contribution in [3.63, 3.8) is 0 Å². The van der Waals surface area contributed by atoms with Crippen LogP contribution in [0.15, 0.2) is 18.2 Å². The lowest BCUT2D eigenvalue weighted by Gasteiger charge is -2.15. The molecule has 0 spiro atoms. The molecule has 0 aliphatic rings. The smallest absolute Gasteiger partial charge is 0.326 e. The standard InChI is InChI=1S/C14H19N3O4/c1-8-5-9(2)7-10(6-8)16-14(21)17-11(13(19)20)3-4-12(15)18/h5-7,11H,3-4H2,1-2H3,(H2,15,18)(H,19,20)(H2,16,17,21)/t11-/m1/s1. The topological polar surface area (TPSA) is 122 Å². The highest BCUT2D eigenvalue weighted by atomic mass is 16.4. The first-order valence-electron chi connectivity index (χ1n) is 6.45. The summed E-state index contributed by atoms with van der Waals surface area (Å²) in [6.07, 6.45) is -0.161. The molecule has 0 saturated carbocycles. The lowest BCUT2D eigenvalue weighted by Crippen LogP contribution is -2.43. The van der Waals surface area contributed by atoms with Gasteiger partial charge in [0.25, 0.3) is 0 Å². The van der Waals surface area contributed by atoms with Gasteiger partial charge in [0.05, 0.1) is 0 Å². The number of rotatable bonds is 6. The molecular weight excluding hydrogens is 274 g/mol. The molecule has 0 aliphatic heterocycles. The highest BCUT2D eigenvalue weighted by Crippen LogP contribution is 2.13. The number of amides is 3. The Labute approximate surface area is 122 Å². The van der Waals surface area contributed by atoms with Crippen LogP contribution in [0.1, 0.15) is 24.0 Å². The average molecular weight is 293 g/mol. The Morgan fingerprint density at radius 2 is 1.76 bits per heavy atom. The summed E-state index contributed by atoms with van der Waals surface area (Å²) in [7, 11) is 0. The van der Waals surface area contributed by atoms with E-state index in [1.165, 1.54) is 0 Å². The van der Waals surface area contributed by atoms with Gasteiger partial charge in [0.15, 0.2) is 0 Å². The molecule has 0 bridgehead atoms. The lowest BCUT2D eigenvalue weighted by molar-refractivity contribution is -0.139. The summed E-state index contributed by atoms with van der Waals surface area (Å²) in [5.74, 6) is -1.83. The summed E-state index contributed by atoms with van der Waals surface area (Å²) >= 11 is 0. The number of aryl methyl sites for hydroxylation is 2. The van der Waals surface area contributed by atoms with Gasteiger partial charge in [0.2, 0.25) is 5.91 Å². The molecule has 1 atom stereocenters. The van der Waals surface area contributed by atoms with Gasteiger partial charge in [-0.05, 0) is 43.5 Å². The van der Waals surface area contributed by atoms with Crippen LogP contribution in [0.2, 0.25) is 0 Å². The van der Waals surface area contributed by atoms with Crippen LogP contribution >= 0.6 is 0 Å². The predicted octanol–water partition coefficient (Wildman–Crippen LogP) is 1.14. The minimum atomic E-state index is -1.22. The molecule has 7 nitrogen and oxygen atoms in total. The van der Waals surface area contributed by atoms with Crippen LogP contribution in [0.25, 0.3) is 0 Å². The third kappa shape index (κ3) is 5.94. The summed E-state index contributed by atoms with van der Waals surface area (Å²) in [5.41, 5.74) is 7.50. The van der Waals surface area contributed by atoms with E-state index >= 15 is 0 Å². The second-order valence-corrected chi connectivity index (χ2v) is 4.87. The molecule has 0 saturated heterocycles. The fourth-order valence-electron chi connectivity index (χ4n) is 1.92. The molecule has 21 heavy (non-hydrogen) atoms. The summed E-state index contributed by atoms with van der Waals surface area (Å²) in [4.78, 5) is 33.5. The third-order valence-corrected chi connectivity index (χ3v) is 2.76. The van der Waals surface area contributed by atoms with Gasteiger partial charge in [-0.15, -0.1) is 0 Å². The maximum atomic E-state index is 11.8. The van der Waals surface area contributed by atoms with Gasteiger partial charge in [-0.3, -0.25) is 4.79 Å². The van der Waals surface area contributed by atoms with Gasteiger partial charge in [-0.25, -0.2) is 9.59 Å². The number of carbonyl (C=O) groups is 3. The number of benzene rings is 1. The number of carbonyl (C=O) groups excluding carboxylic acids is 2. The first-order chi connectivity index (χ1) is 9.77. The van der Waals surface area contributed by atoms with E-state index in [-0.39, 0.29) is 12.8 Å². The number of nitrogens with one attached hydrogen (secondary N) is 2. The molecule has 1 aromatic rings. The van der Waals surface area contributed by atoms with Gasteiger partial charge >= 0.3 is 12.0 Å². The van der Waals surface area contributed by atoms with Crippen LogP contribution in [0, 0.1) is 13.8 Å². The molecule has 3 amide bonds. The molecule has 0 fully saturated rings. The molecule has 5 N–H and O–H groups in total. The minimum absolute atomic E-state index is 0.0507. The number of anilines is 1. The number of hydrogen-bond acceptors (Lipinski definition) is 3. The van der Waals surface area contributed by atoms with Crippen LogP contribution in [-0.2, 0) is 9.59 Å². The highest BCUT2D eigenvalue weighted by Gasteiger charge is 2.20. The van der Waals surface area contributed by atoms with Crippen LogP contribution in [0.5, 0.6) is 0 Å². The highest BCUT2D eigenvalue weighted by molar-refractivity contribution is 5.92. The molecule has 0 heterocycles. The molecule has 0 radical (unpaired) electrons. The van der Waals surface area contributed by atoms with Crippen molar-refractivity contribution in [1.82, 2.24) is 5.32 Å². The Hall–Kier alpha value is -2.57. The van der Waals surface area contributed by atoms with E-state index in [4.69, 9.17) is 10.8 Å². The van der Waals surface area contributed by atoms with Crippen molar-refractivity contribution in [2.75, 3.05) is 5.32 Å². The summed E-state index contributed by atoms with van der Waals surface area (Å²) in [6.45, 7) is 3.78. The van der Waals surface area contributed by atoms with E-state index in [1.807, 2.05) is 19.9 Å². The second kappa shape index (κ2) is 7.28. The maximum Gasteiger partial charge on any atom is 0.326 e. The number of carboxylic acid groups (broad SMARTS) is 1. The van der Waals surface area contributed by atoms with Gasteiger partial charge in [-0.1, -0.05) is 6.07 Å². The summed E-state index contributed by atoms with van der Waals surface area (Å²) in [6, 6.07) is 3.69. The van der Waals surface area contributed by atoms with E-state index in [9.17, 15) is 14.4 Å². The Balaban J connectivity index is 2.65. The van der Waals surface area contributed by atoms with E-state index in [2.05, 4.69) is 10.6 Å². The molecule has 7 heteroatoms. The Morgan fingerprint density at radius 1 is 1.19 bits per heavy atom. The molecular formula is C14H19N3O4. The van der Waals surface area contributed by atoms with Crippen molar-refractivity contribution in [3.8, 4) is 0 Å². The van der Waals surface area contributed by atoms with Gasteiger partial charge in [0, 0.05) is 12.1 Å². The first kappa shape index (κ1) is 16.5. The van der Waals surface area contributed by atoms with E-state index in [1.54, 1.807) is 12.1 Å². The summed E-state index contributed by atoms with van der Waals surface area (Å²) < 4.78 is 0. The molecule has 1 rings (SSSR count). The second-order valence-electron chi connectivity index (χ2n) is 4.87. The zero-order valence-corrected chi connectivity index (χ0v) is 12.0. The van der Waals surface area contributed by atoms with Crippen LogP contribution in [0.4, 0.5) is 10.5 Å². The minimum Gasteiger partial charge on any atom is -0.480 e. The Bertz CT molecular complexity index is 537. The monoisotopic (exact) mass is 293 g/mol. The van der Waals surface area contributed by atoms with Crippen molar-refractivity contribution >= 4 is 23.6 Å². The quantitative estimate of drug-likeness (QED) is 0.628. The fourth-order valence-corrected chi connectivity index (χ4v) is 1.92. The number of hydrogen-bond donors (Lipinski definition) is 4. The van der Waals surface area contributed by atoms with Crippen LogP contribution in [0.3, 0.4) is 0 Å². The fraction of sp³-hybridized carbons (Fsp3) is 0.357. The zero-order chi connectivity index (χ0) is 16.0. The SMILES string of the molecule is Cc1cc(C)cc(NC(=O)N[C@H](CCC(N)=O)C(=O)O)c1.